The lowest BCUT2D eigenvalue weighted by atomic mass is 9.87. The van der Waals surface area contributed by atoms with Crippen molar-refractivity contribution in [3.05, 3.63) is 35.9 Å². The summed E-state index contributed by atoms with van der Waals surface area (Å²) in [7, 11) is 0. The zero-order chi connectivity index (χ0) is 13.3. The molecule has 2 rings (SSSR count). The number of benzene rings is 1. The van der Waals surface area contributed by atoms with E-state index < -0.39 is 5.82 Å². The van der Waals surface area contributed by atoms with E-state index >= 15 is 0 Å². The van der Waals surface area contributed by atoms with Gasteiger partial charge in [0.05, 0.1) is 11.6 Å². The standard InChI is InChI=1S/C13H16FN3O/c1-13(2,3)10(15)11-16-12(18-17-11)8-6-4-5-7-9(8)14/h4-7,10H,15H2,1-3H3. The zero-order valence-electron chi connectivity index (χ0n) is 10.6. The summed E-state index contributed by atoms with van der Waals surface area (Å²) < 4.78 is 18.6. The summed E-state index contributed by atoms with van der Waals surface area (Å²) in [6.45, 7) is 5.95. The molecule has 0 aliphatic carbocycles. The van der Waals surface area contributed by atoms with Gasteiger partial charge in [0.1, 0.15) is 5.82 Å². The van der Waals surface area contributed by atoms with E-state index in [1.807, 2.05) is 20.8 Å². The van der Waals surface area contributed by atoms with Crippen molar-refractivity contribution in [2.75, 3.05) is 0 Å². The fourth-order valence-corrected chi connectivity index (χ4v) is 1.49. The van der Waals surface area contributed by atoms with Gasteiger partial charge in [-0.25, -0.2) is 4.39 Å². The van der Waals surface area contributed by atoms with Crippen molar-refractivity contribution in [1.29, 1.82) is 0 Å². The van der Waals surface area contributed by atoms with Crippen molar-refractivity contribution in [2.45, 2.75) is 26.8 Å². The molecule has 1 aromatic carbocycles. The van der Waals surface area contributed by atoms with Crippen LogP contribution in [0.25, 0.3) is 11.5 Å². The van der Waals surface area contributed by atoms with Gasteiger partial charge in [0.15, 0.2) is 5.82 Å². The van der Waals surface area contributed by atoms with Gasteiger partial charge in [-0.15, -0.1) is 0 Å². The molecule has 5 heteroatoms. The van der Waals surface area contributed by atoms with Gasteiger partial charge in [-0.05, 0) is 17.5 Å². The molecule has 0 amide bonds. The summed E-state index contributed by atoms with van der Waals surface area (Å²) in [4.78, 5) is 4.16. The highest BCUT2D eigenvalue weighted by atomic mass is 19.1. The maximum absolute atomic E-state index is 13.6. The number of nitrogens with zero attached hydrogens (tertiary/aromatic N) is 2. The van der Waals surface area contributed by atoms with Crippen LogP contribution in [0.2, 0.25) is 0 Å². The minimum absolute atomic E-state index is 0.155. The van der Waals surface area contributed by atoms with Crippen LogP contribution < -0.4 is 5.73 Å². The Labute approximate surface area is 105 Å². The van der Waals surface area contributed by atoms with Gasteiger partial charge < -0.3 is 10.3 Å². The Balaban J connectivity index is 2.35. The Kier molecular flexibility index (Phi) is 3.17. The highest BCUT2D eigenvalue weighted by Crippen LogP contribution is 2.30. The van der Waals surface area contributed by atoms with E-state index in [2.05, 4.69) is 10.1 Å². The molecule has 1 unspecified atom stereocenters. The Morgan fingerprint density at radius 2 is 1.94 bits per heavy atom. The maximum atomic E-state index is 13.6. The smallest absolute Gasteiger partial charge is 0.260 e. The third-order valence-electron chi connectivity index (χ3n) is 2.76. The van der Waals surface area contributed by atoms with E-state index in [9.17, 15) is 4.39 Å². The minimum Gasteiger partial charge on any atom is -0.334 e. The normalized spacial score (nSPS) is 13.6. The Hall–Kier alpha value is -1.75. The molecule has 4 nitrogen and oxygen atoms in total. The first kappa shape index (κ1) is 12.7. The van der Waals surface area contributed by atoms with Gasteiger partial charge in [-0.2, -0.15) is 4.98 Å². The van der Waals surface area contributed by atoms with Gasteiger partial charge in [-0.3, -0.25) is 0 Å². The number of hydrogen-bond acceptors (Lipinski definition) is 4. The molecule has 2 aromatic rings. The summed E-state index contributed by atoms with van der Waals surface area (Å²) in [5.41, 5.74) is 6.13. The van der Waals surface area contributed by atoms with Crippen molar-refractivity contribution >= 4 is 0 Å². The maximum Gasteiger partial charge on any atom is 0.260 e. The number of nitrogens with two attached hydrogens (primary N) is 1. The van der Waals surface area contributed by atoms with Crippen LogP contribution >= 0.6 is 0 Å². The average Bonchev–Trinajstić information content (AvgIpc) is 2.76. The second-order valence-electron chi connectivity index (χ2n) is 5.28. The van der Waals surface area contributed by atoms with Gasteiger partial charge in [0.2, 0.25) is 0 Å². The molecule has 1 atom stereocenters. The van der Waals surface area contributed by atoms with E-state index in [0.29, 0.717) is 5.82 Å². The first-order chi connectivity index (χ1) is 8.39. The SMILES string of the molecule is CC(C)(C)C(N)c1noc(-c2ccccc2F)n1. The number of rotatable bonds is 2. The van der Waals surface area contributed by atoms with E-state index in [4.69, 9.17) is 10.3 Å². The van der Waals surface area contributed by atoms with Crippen LogP contribution in [0.15, 0.2) is 28.8 Å². The van der Waals surface area contributed by atoms with E-state index in [0.717, 1.165) is 0 Å². The fourth-order valence-electron chi connectivity index (χ4n) is 1.49. The molecule has 0 aliphatic rings. The number of aromatic nitrogens is 2. The summed E-state index contributed by atoms with van der Waals surface area (Å²) in [6, 6.07) is 5.91. The third-order valence-corrected chi connectivity index (χ3v) is 2.76. The predicted octanol–water partition coefficient (Wildman–Crippen LogP) is 2.92. The molecule has 2 N–H and O–H groups in total. The molecular weight excluding hydrogens is 233 g/mol. The van der Waals surface area contributed by atoms with Gasteiger partial charge in [0, 0.05) is 0 Å². The second-order valence-corrected chi connectivity index (χ2v) is 5.28. The number of halogens is 1. The molecule has 0 spiro atoms. The summed E-state index contributed by atoms with van der Waals surface area (Å²) in [5.74, 6) is 0.153. The van der Waals surface area contributed by atoms with Crippen LogP contribution in [0.3, 0.4) is 0 Å². The van der Waals surface area contributed by atoms with Crippen molar-refractivity contribution in [3.8, 4) is 11.5 Å². The topological polar surface area (TPSA) is 64.9 Å². The lowest BCUT2D eigenvalue weighted by Crippen LogP contribution is -2.27. The summed E-state index contributed by atoms with van der Waals surface area (Å²) in [6.07, 6.45) is 0. The second kappa shape index (κ2) is 4.49. The molecule has 18 heavy (non-hydrogen) atoms. The largest absolute Gasteiger partial charge is 0.334 e. The molecule has 0 saturated heterocycles. The van der Waals surface area contributed by atoms with Crippen LogP contribution in [-0.4, -0.2) is 10.1 Å². The summed E-state index contributed by atoms with van der Waals surface area (Å²) in [5, 5.41) is 3.82. The fraction of sp³-hybridized carbons (Fsp3) is 0.385. The number of hydrogen-bond donors (Lipinski definition) is 1. The average molecular weight is 249 g/mol. The molecule has 1 heterocycles. The van der Waals surface area contributed by atoms with Crippen molar-refractivity contribution in [3.63, 3.8) is 0 Å². The van der Waals surface area contributed by atoms with Crippen LogP contribution in [-0.2, 0) is 0 Å². The first-order valence-corrected chi connectivity index (χ1v) is 5.73. The molecule has 0 radical (unpaired) electrons. The monoisotopic (exact) mass is 249 g/mol. The molecular formula is C13H16FN3O. The lowest BCUT2D eigenvalue weighted by Gasteiger charge is -2.23. The van der Waals surface area contributed by atoms with Gasteiger partial charge in [0.25, 0.3) is 5.89 Å². The third kappa shape index (κ3) is 2.41. The summed E-state index contributed by atoms with van der Waals surface area (Å²) >= 11 is 0. The molecule has 0 fully saturated rings. The quantitative estimate of drug-likeness (QED) is 0.888. The minimum atomic E-state index is -0.392. The molecule has 96 valence electrons. The first-order valence-electron chi connectivity index (χ1n) is 5.73. The van der Waals surface area contributed by atoms with E-state index in [1.54, 1.807) is 18.2 Å². The van der Waals surface area contributed by atoms with Crippen LogP contribution in [0.1, 0.15) is 32.6 Å². The Morgan fingerprint density at radius 3 is 2.56 bits per heavy atom. The molecule has 0 bridgehead atoms. The van der Waals surface area contributed by atoms with Crippen LogP contribution in [0.5, 0.6) is 0 Å². The Morgan fingerprint density at radius 1 is 1.28 bits per heavy atom. The molecule has 0 aliphatic heterocycles. The zero-order valence-corrected chi connectivity index (χ0v) is 10.6. The molecule has 1 aromatic heterocycles. The van der Waals surface area contributed by atoms with Crippen LogP contribution in [0, 0.1) is 11.2 Å². The highest BCUT2D eigenvalue weighted by molar-refractivity contribution is 5.53. The Bertz CT molecular complexity index is 545. The van der Waals surface area contributed by atoms with E-state index in [1.165, 1.54) is 6.07 Å². The predicted molar refractivity (Wildman–Crippen MR) is 66.1 cm³/mol. The van der Waals surface area contributed by atoms with Crippen LogP contribution in [0.4, 0.5) is 4.39 Å². The van der Waals surface area contributed by atoms with Gasteiger partial charge >= 0.3 is 0 Å². The van der Waals surface area contributed by atoms with E-state index in [-0.39, 0.29) is 22.9 Å². The molecule has 0 saturated carbocycles. The van der Waals surface area contributed by atoms with Crippen molar-refractivity contribution in [2.24, 2.45) is 11.1 Å². The van der Waals surface area contributed by atoms with Gasteiger partial charge in [-0.1, -0.05) is 38.1 Å². The highest BCUT2D eigenvalue weighted by Gasteiger charge is 2.27. The van der Waals surface area contributed by atoms with Crippen molar-refractivity contribution < 1.29 is 8.91 Å². The lowest BCUT2D eigenvalue weighted by molar-refractivity contribution is 0.303. The van der Waals surface area contributed by atoms with Crippen molar-refractivity contribution in [1.82, 2.24) is 10.1 Å².